The lowest BCUT2D eigenvalue weighted by Gasteiger charge is -1.96. The van der Waals surface area contributed by atoms with Gasteiger partial charge in [0.15, 0.2) is 5.13 Å². The molecule has 1 N–H and O–H groups in total. The van der Waals surface area contributed by atoms with Gasteiger partial charge in [-0.15, -0.1) is 11.3 Å². The Labute approximate surface area is 112 Å². The van der Waals surface area contributed by atoms with Crippen molar-refractivity contribution in [1.82, 2.24) is 4.98 Å². The van der Waals surface area contributed by atoms with E-state index in [1.165, 1.54) is 29.5 Å². The molecule has 0 bridgehead atoms. The first kappa shape index (κ1) is 12.9. The molecule has 0 aliphatic carbocycles. The summed E-state index contributed by atoms with van der Waals surface area (Å²) in [6.45, 7) is 0. The van der Waals surface area contributed by atoms with Gasteiger partial charge in [-0.25, -0.2) is 4.98 Å². The van der Waals surface area contributed by atoms with Gasteiger partial charge in [-0.1, -0.05) is 0 Å². The highest BCUT2D eigenvalue weighted by atomic mass is 32.1. The smallest absolute Gasteiger partial charge is 0.269 e. The predicted octanol–water partition coefficient (Wildman–Crippen LogP) is 2.70. The second kappa shape index (κ2) is 5.87. The van der Waals surface area contributed by atoms with Crippen LogP contribution in [0.1, 0.15) is 5.56 Å². The summed E-state index contributed by atoms with van der Waals surface area (Å²) in [6, 6.07) is 5.92. The summed E-state index contributed by atoms with van der Waals surface area (Å²) in [4.78, 5) is 25.4. The summed E-state index contributed by atoms with van der Waals surface area (Å²) < 4.78 is 0. The lowest BCUT2D eigenvalue weighted by atomic mass is 10.2. The number of non-ortho nitro benzene ring substituents is 1. The molecule has 0 radical (unpaired) electrons. The molecule has 96 valence electrons. The van der Waals surface area contributed by atoms with Gasteiger partial charge >= 0.3 is 0 Å². The number of rotatable bonds is 4. The SMILES string of the molecule is O=C(/C=C\c1ccc([N+](=O)[O-])cc1)Nc1nccs1. The van der Waals surface area contributed by atoms with E-state index in [9.17, 15) is 14.9 Å². The van der Waals surface area contributed by atoms with Gasteiger partial charge in [0.2, 0.25) is 5.91 Å². The van der Waals surface area contributed by atoms with E-state index in [2.05, 4.69) is 10.3 Å². The highest BCUT2D eigenvalue weighted by molar-refractivity contribution is 7.13. The predicted molar refractivity (Wildman–Crippen MR) is 72.9 cm³/mol. The molecule has 1 aromatic heterocycles. The number of carbonyl (C=O) groups is 1. The molecule has 0 unspecified atom stereocenters. The van der Waals surface area contributed by atoms with Crippen LogP contribution in [0.4, 0.5) is 10.8 Å². The second-order valence-corrected chi connectivity index (χ2v) is 4.40. The van der Waals surface area contributed by atoms with Crippen LogP contribution in [0.5, 0.6) is 0 Å². The third-order valence-electron chi connectivity index (χ3n) is 2.19. The first-order valence-corrected chi connectivity index (χ1v) is 6.16. The van der Waals surface area contributed by atoms with E-state index in [1.807, 2.05) is 0 Å². The van der Waals surface area contributed by atoms with E-state index in [4.69, 9.17) is 0 Å². The highest BCUT2D eigenvalue weighted by Gasteiger charge is 2.03. The number of hydrogen-bond acceptors (Lipinski definition) is 5. The molecule has 2 rings (SSSR count). The molecule has 0 aliphatic rings. The molecule has 2 aromatic rings. The van der Waals surface area contributed by atoms with Gasteiger partial charge < -0.3 is 0 Å². The van der Waals surface area contributed by atoms with Gasteiger partial charge in [-0.05, 0) is 23.8 Å². The van der Waals surface area contributed by atoms with Crippen LogP contribution in [0.15, 0.2) is 41.9 Å². The van der Waals surface area contributed by atoms with Crippen molar-refractivity contribution in [3.8, 4) is 0 Å². The minimum Gasteiger partial charge on any atom is -0.298 e. The van der Waals surface area contributed by atoms with Crippen LogP contribution in [-0.4, -0.2) is 15.8 Å². The topological polar surface area (TPSA) is 85.1 Å². The number of nitro groups is 1. The second-order valence-electron chi connectivity index (χ2n) is 3.51. The van der Waals surface area contributed by atoms with Gasteiger partial charge in [0, 0.05) is 29.8 Å². The first-order chi connectivity index (χ1) is 9.15. The Kier molecular flexibility index (Phi) is 3.99. The normalized spacial score (nSPS) is 10.5. The van der Waals surface area contributed by atoms with E-state index in [0.717, 1.165) is 0 Å². The number of thiazole rings is 1. The molecule has 0 atom stereocenters. The maximum absolute atomic E-state index is 11.5. The molecular weight excluding hydrogens is 266 g/mol. The summed E-state index contributed by atoms with van der Waals surface area (Å²) in [5.74, 6) is -0.298. The third kappa shape index (κ3) is 3.71. The number of carbonyl (C=O) groups excluding carboxylic acids is 1. The number of nitrogens with one attached hydrogen (secondary N) is 1. The zero-order valence-electron chi connectivity index (χ0n) is 9.65. The summed E-state index contributed by atoms with van der Waals surface area (Å²) in [6.07, 6.45) is 4.52. The Hall–Kier alpha value is -2.54. The minimum atomic E-state index is -0.470. The largest absolute Gasteiger partial charge is 0.298 e. The third-order valence-corrected chi connectivity index (χ3v) is 2.88. The van der Waals surface area contributed by atoms with Crippen molar-refractivity contribution in [2.75, 3.05) is 5.32 Å². The summed E-state index contributed by atoms with van der Waals surface area (Å²) in [5, 5.41) is 15.4. The van der Waals surface area contributed by atoms with Gasteiger partial charge in [0.05, 0.1) is 4.92 Å². The Bertz CT molecular complexity index is 606. The molecule has 0 aliphatic heterocycles. The molecule has 0 spiro atoms. The summed E-state index contributed by atoms with van der Waals surface area (Å²) in [5.41, 5.74) is 0.726. The number of aromatic nitrogens is 1. The Morgan fingerprint density at radius 2 is 2.11 bits per heavy atom. The minimum absolute atomic E-state index is 0.0180. The number of nitro benzene ring substituents is 1. The molecule has 1 aromatic carbocycles. The van der Waals surface area contributed by atoms with E-state index in [0.29, 0.717) is 10.7 Å². The lowest BCUT2D eigenvalue weighted by Crippen LogP contribution is -2.06. The molecule has 0 saturated heterocycles. The van der Waals surface area contributed by atoms with Crippen molar-refractivity contribution in [3.63, 3.8) is 0 Å². The fraction of sp³-hybridized carbons (Fsp3) is 0. The maximum Gasteiger partial charge on any atom is 0.269 e. The van der Waals surface area contributed by atoms with Crippen LogP contribution in [0.2, 0.25) is 0 Å². The molecular formula is C12H9N3O3S. The van der Waals surface area contributed by atoms with Crippen LogP contribution in [-0.2, 0) is 4.79 Å². The number of hydrogen-bond donors (Lipinski definition) is 1. The van der Waals surface area contributed by atoms with Crippen LogP contribution in [0.25, 0.3) is 6.08 Å². The summed E-state index contributed by atoms with van der Waals surface area (Å²) >= 11 is 1.33. The monoisotopic (exact) mass is 275 g/mol. The van der Waals surface area contributed by atoms with Gasteiger partial charge in [-0.2, -0.15) is 0 Å². The van der Waals surface area contributed by atoms with E-state index in [1.54, 1.807) is 29.8 Å². The average molecular weight is 275 g/mol. The molecule has 1 amide bonds. The van der Waals surface area contributed by atoms with Crippen molar-refractivity contribution in [2.45, 2.75) is 0 Å². The molecule has 6 nitrogen and oxygen atoms in total. The molecule has 19 heavy (non-hydrogen) atoms. The van der Waals surface area contributed by atoms with Crippen molar-refractivity contribution in [3.05, 3.63) is 57.6 Å². The first-order valence-electron chi connectivity index (χ1n) is 5.28. The molecule has 0 saturated carbocycles. The van der Waals surface area contributed by atoms with Crippen LogP contribution < -0.4 is 5.32 Å². The number of benzene rings is 1. The van der Waals surface area contributed by atoms with Gasteiger partial charge in [0.1, 0.15) is 0 Å². The summed E-state index contributed by atoms with van der Waals surface area (Å²) in [7, 11) is 0. The van der Waals surface area contributed by atoms with E-state index >= 15 is 0 Å². The Balaban J connectivity index is 1.98. The fourth-order valence-corrected chi connectivity index (χ4v) is 1.84. The number of nitrogens with zero attached hydrogens (tertiary/aromatic N) is 2. The lowest BCUT2D eigenvalue weighted by molar-refractivity contribution is -0.384. The highest BCUT2D eigenvalue weighted by Crippen LogP contribution is 2.13. The zero-order valence-corrected chi connectivity index (χ0v) is 10.5. The number of amides is 1. The van der Waals surface area contributed by atoms with E-state index in [-0.39, 0.29) is 11.6 Å². The van der Waals surface area contributed by atoms with Crippen molar-refractivity contribution in [2.24, 2.45) is 0 Å². The van der Waals surface area contributed by atoms with Gasteiger partial charge in [0.25, 0.3) is 5.69 Å². The molecule has 7 heteroatoms. The molecule has 0 fully saturated rings. The molecule has 1 heterocycles. The van der Waals surface area contributed by atoms with E-state index < -0.39 is 4.92 Å². The maximum atomic E-state index is 11.5. The average Bonchev–Trinajstić information content (AvgIpc) is 2.89. The van der Waals surface area contributed by atoms with Crippen LogP contribution in [0, 0.1) is 10.1 Å². The fourth-order valence-electron chi connectivity index (χ4n) is 1.31. The Morgan fingerprint density at radius 3 is 2.68 bits per heavy atom. The van der Waals surface area contributed by atoms with Crippen molar-refractivity contribution in [1.29, 1.82) is 0 Å². The van der Waals surface area contributed by atoms with Crippen molar-refractivity contribution >= 4 is 34.1 Å². The quantitative estimate of drug-likeness (QED) is 0.528. The van der Waals surface area contributed by atoms with Crippen molar-refractivity contribution < 1.29 is 9.72 Å². The van der Waals surface area contributed by atoms with Crippen LogP contribution >= 0.6 is 11.3 Å². The number of anilines is 1. The van der Waals surface area contributed by atoms with Gasteiger partial charge in [-0.3, -0.25) is 20.2 Å². The Morgan fingerprint density at radius 1 is 1.37 bits per heavy atom. The van der Waals surface area contributed by atoms with Crippen LogP contribution in [0.3, 0.4) is 0 Å². The zero-order chi connectivity index (χ0) is 13.7. The standard InChI is InChI=1S/C12H9N3O3S/c16-11(14-12-13-7-8-19-12)6-3-9-1-4-10(5-2-9)15(17)18/h1-8H,(H,13,14,16)/b6-3-.